The summed E-state index contributed by atoms with van der Waals surface area (Å²) in [5.41, 5.74) is 1.75. The van der Waals surface area contributed by atoms with Gasteiger partial charge in [-0.3, -0.25) is 9.59 Å². The van der Waals surface area contributed by atoms with Gasteiger partial charge in [-0.25, -0.2) is 9.37 Å². The summed E-state index contributed by atoms with van der Waals surface area (Å²) in [6.07, 6.45) is 0. The molecule has 0 bridgehead atoms. The van der Waals surface area contributed by atoms with Crippen molar-refractivity contribution < 1.29 is 13.7 Å². The molecule has 0 fully saturated rings. The normalized spacial score (nSPS) is 11.0. The predicted octanol–water partition coefficient (Wildman–Crippen LogP) is 4.28. The fraction of sp³-hybridized carbons (Fsp3) is 0.0952. The maximum absolute atomic E-state index is 13.2. The van der Waals surface area contributed by atoms with Crippen LogP contribution in [0.25, 0.3) is 5.65 Å². The molecule has 0 spiro atoms. The zero-order valence-corrected chi connectivity index (χ0v) is 16.2. The topological polar surface area (TPSA) is 76.6 Å². The number of hydrogen-bond donors (Lipinski definition) is 1. The lowest BCUT2D eigenvalue weighted by molar-refractivity contribution is 0.102. The van der Waals surface area contributed by atoms with Gasteiger partial charge in [0, 0.05) is 34.0 Å². The van der Waals surface area contributed by atoms with Crippen molar-refractivity contribution in [1.82, 2.24) is 9.56 Å². The summed E-state index contributed by atoms with van der Waals surface area (Å²) in [7, 11) is 0. The lowest BCUT2D eigenvalue weighted by Gasteiger charge is -2.07. The summed E-state index contributed by atoms with van der Waals surface area (Å²) in [4.78, 5) is 29.6. The van der Waals surface area contributed by atoms with Crippen molar-refractivity contribution in [2.45, 2.75) is 17.6 Å². The highest BCUT2D eigenvalue weighted by molar-refractivity contribution is 7.98. The zero-order chi connectivity index (χ0) is 20.4. The van der Waals surface area contributed by atoms with Crippen LogP contribution in [-0.4, -0.2) is 15.5 Å². The molecular formula is C21H16FN3O3S. The summed E-state index contributed by atoms with van der Waals surface area (Å²) in [5.74, 6) is 0.306. The van der Waals surface area contributed by atoms with E-state index in [0.29, 0.717) is 28.5 Å². The molecule has 0 aliphatic rings. The zero-order valence-electron chi connectivity index (χ0n) is 15.4. The Morgan fingerprint density at radius 1 is 1.17 bits per heavy atom. The van der Waals surface area contributed by atoms with Crippen LogP contribution in [0.1, 0.15) is 21.8 Å². The monoisotopic (exact) mass is 409 g/mol. The van der Waals surface area contributed by atoms with E-state index in [-0.39, 0.29) is 17.0 Å². The van der Waals surface area contributed by atoms with Gasteiger partial charge in [0.1, 0.15) is 11.6 Å². The minimum Gasteiger partial charge on any atom is -0.375 e. The number of hydrogen-bond acceptors (Lipinski definition) is 5. The van der Waals surface area contributed by atoms with Gasteiger partial charge in [0.05, 0.1) is 5.69 Å². The maximum atomic E-state index is 13.2. The Balaban J connectivity index is 1.41. The van der Waals surface area contributed by atoms with Crippen molar-refractivity contribution in [3.8, 4) is 0 Å². The predicted molar refractivity (Wildman–Crippen MR) is 109 cm³/mol. The van der Waals surface area contributed by atoms with Crippen LogP contribution in [0.4, 0.5) is 10.1 Å². The molecule has 1 N–H and O–H groups in total. The van der Waals surface area contributed by atoms with Crippen molar-refractivity contribution in [3.05, 3.63) is 93.9 Å². The molecule has 6 nitrogen and oxygen atoms in total. The number of anilines is 1. The van der Waals surface area contributed by atoms with Gasteiger partial charge in [-0.15, -0.1) is 16.3 Å². The van der Waals surface area contributed by atoms with E-state index < -0.39 is 5.82 Å². The highest BCUT2D eigenvalue weighted by Crippen LogP contribution is 2.24. The third-order valence-electron chi connectivity index (χ3n) is 4.11. The van der Waals surface area contributed by atoms with Crippen molar-refractivity contribution in [2.24, 2.45) is 0 Å². The second kappa shape index (κ2) is 7.92. The van der Waals surface area contributed by atoms with Crippen LogP contribution in [0, 0.1) is 12.7 Å². The number of thioether (sulfide) groups is 1. The van der Waals surface area contributed by atoms with Gasteiger partial charge in [0.15, 0.2) is 5.65 Å². The largest absolute Gasteiger partial charge is 0.375 e. The Hall–Kier alpha value is -3.39. The number of carbonyl (C=O) groups is 1. The smallest absolute Gasteiger partial charge is 0.287 e. The summed E-state index contributed by atoms with van der Waals surface area (Å²) in [6, 6.07) is 15.9. The molecule has 0 aliphatic heterocycles. The van der Waals surface area contributed by atoms with Gasteiger partial charge in [0.2, 0.25) is 0 Å². The van der Waals surface area contributed by atoms with Crippen LogP contribution in [0.5, 0.6) is 0 Å². The van der Waals surface area contributed by atoms with Gasteiger partial charge < -0.3 is 9.84 Å². The maximum Gasteiger partial charge on any atom is 0.287 e. The fourth-order valence-electron chi connectivity index (χ4n) is 2.77. The second-order valence-corrected chi connectivity index (χ2v) is 7.41. The average molecular weight is 409 g/mol. The summed E-state index contributed by atoms with van der Waals surface area (Å²) in [6.45, 7) is 1.76. The minimum atomic E-state index is -0.457. The molecule has 0 unspecified atom stereocenters. The lowest BCUT2D eigenvalue weighted by Crippen LogP contribution is -2.12. The SMILES string of the molecule is Cc1cc2nc(CSc3ccc(NC(=O)c4cccc(F)c4)cc3)cc(=O)n2o1. The molecule has 1 amide bonds. The van der Waals surface area contributed by atoms with Crippen molar-refractivity contribution in [2.75, 3.05) is 5.32 Å². The molecule has 0 radical (unpaired) electrons. The molecule has 29 heavy (non-hydrogen) atoms. The number of amides is 1. The average Bonchev–Trinajstić information content (AvgIpc) is 3.08. The first-order valence-corrected chi connectivity index (χ1v) is 9.76. The van der Waals surface area contributed by atoms with E-state index in [4.69, 9.17) is 4.52 Å². The number of aromatic nitrogens is 2. The molecule has 0 atom stereocenters. The Bertz CT molecular complexity index is 1250. The van der Waals surface area contributed by atoms with Gasteiger partial charge in [-0.05, 0) is 49.4 Å². The Morgan fingerprint density at radius 2 is 1.97 bits per heavy atom. The van der Waals surface area contributed by atoms with Crippen LogP contribution in [0.15, 0.2) is 74.9 Å². The van der Waals surface area contributed by atoms with Crippen LogP contribution in [0.2, 0.25) is 0 Å². The van der Waals surface area contributed by atoms with Crippen molar-refractivity contribution in [1.29, 1.82) is 0 Å². The van der Waals surface area contributed by atoms with Gasteiger partial charge in [-0.2, -0.15) is 0 Å². The molecule has 2 aromatic carbocycles. The number of halogens is 1. The quantitative estimate of drug-likeness (QED) is 0.498. The molecule has 4 aromatic rings. The molecule has 4 rings (SSSR count). The molecule has 2 aromatic heterocycles. The highest BCUT2D eigenvalue weighted by atomic mass is 32.2. The fourth-order valence-corrected chi connectivity index (χ4v) is 3.56. The van der Waals surface area contributed by atoms with E-state index in [1.165, 1.54) is 40.6 Å². The number of carbonyl (C=O) groups excluding carboxylic acids is 1. The molecule has 146 valence electrons. The first-order valence-electron chi connectivity index (χ1n) is 8.77. The van der Waals surface area contributed by atoms with Gasteiger partial charge >= 0.3 is 0 Å². The number of rotatable bonds is 5. The van der Waals surface area contributed by atoms with E-state index in [2.05, 4.69) is 10.3 Å². The van der Waals surface area contributed by atoms with E-state index >= 15 is 0 Å². The molecular weight excluding hydrogens is 393 g/mol. The summed E-state index contributed by atoms with van der Waals surface area (Å²) < 4.78 is 19.7. The van der Waals surface area contributed by atoms with Crippen LogP contribution < -0.4 is 10.9 Å². The van der Waals surface area contributed by atoms with E-state index in [0.717, 1.165) is 4.90 Å². The number of aryl methyl sites for hydroxylation is 1. The number of nitrogens with zero attached hydrogens (tertiary/aromatic N) is 2. The van der Waals surface area contributed by atoms with E-state index in [1.807, 2.05) is 12.1 Å². The number of fused-ring (bicyclic) bond motifs is 1. The third kappa shape index (κ3) is 4.38. The van der Waals surface area contributed by atoms with Crippen molar-refractivity contribution >= 4 is 29.0 Å². The third-order valence-corrected chi connectivity index (χ3v) is 5.16. The second-order valence-electron chi connectivity index (χ2n) is 6.36. The van der Waals surface area contributed by atoms with E-state index in [1.54, 1.807) is 31.2 Å². The molecule has 0 aliphatic carbocycles. The van der Waals surface area contributed by atoms with Crippen LogP contribution in [-0.2, 0) is 5.75 Å². The first kappa shape index (κ1) is 18.9. The Kier molecular flexibility index (Phi) is 5.18. The standard InChI is InChI=1S/C21H16FN3O3S/c1-13-9-19-23-17(11-20(26)25(19)28-13)12-29-18-7-5-16(6-8-18)24-21(27)14-3-2-4-15(22)10-14/h2-11H,12H2,1H3,(H,24,27). The van der Waals surface area contributed by atoms with Gasteiger partial charge in [0.25, 0.3) is 11.5 Å². The van der Waals surface area contributed by atoms with Crippen molar-refractivity contribution in [3.63, 3.8) is 0 Å². The van der Waals surface area contributed by atoms with Crippen LogP contribution in [0.3, 0.4) is 0 Å². The Labute approximate surface area is 169 Å². The molecule has 0 saturated heterocycles. The molecule has 2 heterocycles. The Morgan fingerprint density at radius 3 is 2.72 bits per heavy atom. The van der Waals surface area contributed by atoms with Crippen LogP contribution >= 0.6 is 11.8 Å². The lowest BCUT2D eigenvalue weighted by atomic mass is 10.2. The highest BCUT2D eigenvalue weighted by Gasteiger charge is 2.09. The van der Waals surface area contributed by atoms with Gasteiger partial charge in [-0.1, -0.05) is 6.07 Å². The number of nitrogens with one attached hydrogen (secondary N) is 1. The molecule has 8 heteroatoms. The summed E-state index contributed by atoms with van der Waals surface area (Å²) >= 11 is 1.52. The number of benzene rings is 2. The first-order chi connectivity index (χ1) is 14.0. The van der Waals surface area contributed by atoms with E-state index in [9.17, 15) is 14.0 Å². The summed E-state index contributed by atoms with van der Waals surface area (Å²) in [5, 5.41) is 2.73. The minimum absolute atomic E-state index is 0.255. The molecule has 0 saturated carbocycles.